The predicted octanol–water partition coefficient (Wildman–Crippen LogP) is 4.40. The van der Waals surface area contributed by atoms with Crippen molar-refractivity contribution >= 4 is 5.91 Å². The van der Waals surface area contributed by atoms with E-state index in [2.05, 4.69) is 13.8 Å². The number of likely N-dealkylation sites (tertiary alicyclic amines) is 1. The number of methoxy groups -OCH3 is 1. The van der Waals surface area contributed by atoms with Gasteiger partial charge in [-0.2, -0.15) is 0 Å². The number of hydrogen-bond donors (Lipinski definition) is 1. The SMILES string of the molecule is COc1ccc(C2CN(C(=O)COCc3ccccc3)CC2(C)C(C)O)cc1OCC1(C)CC1. The molecule has 3 atom stereocenters. The number of carbonyl (C=O) groups excluding carboxylic acids is 1. The normalized spacial score (nSPS) is 24.0. The van der Waals surface area contributed by atoms with Crippen LogP contribution in [0.2, 0.25) is 0 Å². The lowest BCUT2D eigenvalue weighted by Gasteiger charge is -2.34. The van der Waals surface area contributed by atoms with Gasteiger partial charge < -0.3 is 24.2 Å². The highest BCUT2D eigenvalue weighted by molar-refractivity contribution is 5.78. The van der Waals surface area contributed by atoms with E-state index < -0.39 is 11.5 Å². The highest BCUT2D eigenvalue weighted by Crippen LogP contribution is 2.48. The molecule has 1 saturated carbocycles. The minimum atomic E-state index is -0.586. The van der Waals surface area contributed by atoms with Gasteiger partial charge in [0.1, 0.15) is 6.61 Å². The van der Waals surface area contributed by atoms with E-state index in [1.54, 1.807) is 7.11 Å². The van der Waals surface area contributed by atoms with E-state index in [4.69, 9.17) is 14.2 Å². The van der Waals surface area contributed by atoms with E-state index in [-0.39, 0.29) is 23.8 Å². The molecular formula is C28H37NO5. The van der Waals surface area contributed by atoms with Crippen molar-refractivity contribution in [3.8, 4) is 11.5 Å². The monoisotopic (exact) mass is 467 g/mol. The Morgan fingerprint density at radius 2 is 1.88 bits per heavy atom. The van der Waals surface area contributed by atoms with Crippen molar-refractivity contribution in [3.05, 3.63) is 59.7 Å². The molecule has 1 aliphatic heterocycles. The molecule has 2 aliphatic rings. The molecule has 1 heterocycles. The van der Waals surface area contributed by atoms with Gasteiger partial charge in [-0.15, -0.1) is 0 Å². The number of aliphatic hydroxyl groups is 1. The van der Waals surface area contributed by atoms with Crippen molar-refractivity contribution in [1.29, 1.82) is 0 Å². The van der Waals surface area contributed by atoms with Crippen molar-refractivity contribution in [1.82, 2.24) is 4.90 Å². The first-order valence-corrected chi connectivity index (χ1v) is 12.1. The van der Waals surface area contributed by atoms with Crippen LogP contribution in [-0.2, 0) is 16.1 Å². The van der Waals surface area contributed by atoms with Crippen LogP contribution < -0.4 is 9.47 Å². The zero-order chi connectivity index (χ0) is 24.3. The Labute approximate surface area is 202 Å². The first-order chi connectivity index (χ1) is 16.2. The fraction of sp³-hybridized carbons (Fsp3) is 0.536. The Morgan fingerprint density at radius 3 is 2.53 bits per heavy atom. The standard InChI is InChI=1S/C28H37NO5/c1-20(30)28(3)18-29(26(31)17-33-16-21-8-6-5-7-9-21)15-23(28)22-10-11-24(32-4)25(14-22)34-19-27(2)12-13-27/h5-11,14,20,23,30H,12-13,15-19H2,1-4H3. The number of carbonyl (C=O) groups is 1. The van der Waals surface area contributed by atoms with Gasteiger partial charge in [-0.05, 0) is 43.0 Å². The molecule has 0 aromatic heterocycles. The smallest absolute Gasteiger partial charge is 0.248 e. The maximum absolute atomic E-state index is 13.0. The highest BCUT2D eigenvalue weighted by Gasteiger charge is 2.48. The molecule has 0 radical (unpaired) electrons. The fourth-order valence-corrected chi connectivity index (χ4v) is 4.67. The molecule has 1 N–H and O–H groups in total. The van der Waals surface area contributed by atoms with Gasteiger partial charge in [-0.3, -0.25) is 4.79 Å². The van der Waals surface area contributed by atoms with Gasteiger partial charge in [0.2, 0.25) is 5.91 Å². The summed E-state index contributed by atoms with van der Waals surface area (Å²) < 4.78 is 17.4. The lowest BCUT2D eigenvalue weighted by Crippen LogP contribution is -2.38. The summed E-state index contributed by atoms with van der Waals surface area (Å²) in [5.74, 6) is 1.33. The number of nitrogens with zero attached hydrogens (tertiary/aromatic N) is 1. The summed E-state index contributed by atoms with van der Waals surface area (Å²) in [7, 11) is 1.64. The average molecular weight is 468 g/mol. The van der Waals surface area contributed by atoms with Crippen molar-refractivity contribution in [2.24, 2.45) is 10.8 Å². The van der Waals surface area contributed by atoms with Gasteiger partial charge in [-0.1, -0.05) is 50.2 Å². The minimum Gasteiger partial charge on any atom is -0.493 e. The molecule has 2 aromatic rings. The Morgan fingerprint density at radius 1 is 1.15 bits per heavy atom. The molecule has 2 fully saturated rings. The molecule has 1 amide bonds. The van der Waals surface area contributed by atoms with Crippen LogP contribution in [-0.4, -0.2) is 55.4 Å². The molecule has 34 heavy (non-hydrogen) atoms. The number of benzene rings is 2. The lowest BCUT2D eigenvalue weighted by molar-refractivity contribution is -0.136. The molecule has 0 spiro atoms. The predicted molar refractivity (Wildman–Crippen MR) is 131 cm³/mol. The number of rotatable bonds is 10. The number of aliphatic hydroxyl groups excluding tert-OH is 1. The third kappa shape index (κ3) is 5.39. The molecule has 4 rings (SSSR count). The molecule has 1 aliphatic carbocycles. The van der Waals surface area contributed by atoms with Crippen molar-refractivity contribution in [2.75, 3.05) is 33.4 Å². The van der Waals surface area contributed by atoms with Crippen LogP contribution in [0, 0.1) is 10.8 Å². The van der Waals surface area contributed by atoms with Crippen LogP contribution in [0.3, 0.4) is 0 Å². The van der Waals surface area contributed by atoms with Crippen molar-refractivity contribution in [3.63, 3.8) is 0 Å². The summed E-state index contributed by atoms with van der Waals surface area (Å²) in [4.78, 5) is 14.8. The van der Waals surface area contributed by atoms with E-state index in [0.717, 1.165) is 16.9 Å². The molecule has 0 bridgehead atoms. The van der Waals surface area contributed by atoms with Crippen molar-refractivity contribution in [2.45, 2.75) is 52.2 Å². The maximum atomic E-state index is 13.0. The highest BCUT2D eigenvalue weighted by atomic mass is 16.5. The Hall–Kier alpha value is -2.57. The molecule has 6 heteroatoms. The minimum absolute atomic E-state index is 0.0209. The first kappa shape index (κ1) is 24.6. The van der Waals surface area contributed by atoms with E-state index >= 15 is 0 Å². The van der Waals surface area contributed by atoms with E-state index in [9.17, 15) is 9.90 Å². The van der Waals surface area contributed by atoms with Gasteiger partial charge in [-0.25, -0.2) is 0 Å². The molecule has 1 saturated heterocycles. The first-order valence-electron chi connectivity index (χ1n) is 12.1. The van der Waals surface area contributed by atoms with Crippen LogP contribution in [0.25, 0.3) is 0 Å². The lowest BCUT2D eigenvalue weighted by atomic mass is 9.72. The largest absolute Gasteiger partial charge is 0.493 e. The van der Waals surface area contributed by atoms with Crippen LogP contribution >= 0.6 is 0 Å². The van der Waals surface area contributed by atoms with Gasteiger partial charge in [0, 0.05) is 29.8 Å². The molecule has 3 unspecified atom stereocenters. The summed E-state index contributed by atoms with van der Waals surface area (Å²) in [6.45, 7) is 8.17. The van der Waals surface area contributed by atoms with E-state index in [0.29, 0.717) is 32.1 Å². The topological polar surface area (TPSA) is 68.2 Å². The third-order valence-corrected chi connectivity index (χ3v) is 7.64. The van der Waals surface area contributed by atoms with Crippen LogP contribution in [0.1, 0.15) is 50.7 Å². The van der Waals surface area contributed by atoms with Gasteiger partial charge >= 0.3 is 0 Å². The maximum Gasteiger partial charge on any atom is 0.248 e. The van der Waals surface area contributed by atoms with Gasteiger partial charge in [0.05, 0.1) is 26.4 Å². The summed E-state index contributed by atoms with van der Waals surface area (Å²) in [6.07, 6.45) is 1.78. The number of ether oxygens (including phenoxy) is 3. The molecule has 6 nitrogen and oxygen atoms in total. The molecule has 2 aromatic carbocycles. The fourth-order valence-electron chi connectivity index (χ4n) is 4.67. The Kier molecular flexibility index (Phi) is 7.20. The summed E-state index contributed by atoms with van der Waals surface area (Å²) in [5, 5.41) is 10.7. The zero-order valence-corrected chi connectivity index (χ0v) is 20.8. The van der Waals surface area contributed by atoms with Crippen LogP contribution in [0.4, 0.5) is 0 Å². The number of hydrogen-bond acceptors (Lipinski definition) is 5. The second-order valence-electron chi connectivity index (χ2n) is 10.5. The quantitative estimate of drug-likeness (QED) is 0.561. The van der Waals surface area contributed by atoms with Crippen LogP contribution in [0.5, 0.6) is 11.5 Å². The van der Waals surface area contributed by atoms with E-state index in [1.807, 2.05) is 60.4 Å². The summed E-state index contributed by atoms with van der Waals surface area (Å²) >= 11 is 0. The molecular weight excluding hydrogens is 430 g/mol. The molecule has 184 valence electrons. The number of amides is 1. The Balaban J connectivity index is 1.47. The summed E-state index contributed by atoms with van der Waals surface area (Å²) in [6, 6.07) is 15.8. The Bertz CT molecular complexity index is 988. The van der Waals surface area contributed by atoms with Crippen molar-refractivity contribution < 1.29 is 24.1 Å². The average Bonchev–Trinajstić information content (AvgIpc) is 3.46. The second kappa shape index (κ2) is 9.96. The second-order valence-corrected chi connectivity index (χ2v) is 10.5. The van der Waals surface area contributed by atoms with Gasteiger partial charge in [0.15, 0.2) is 11.5 Å². The van der Waals surface area contributed by atoms with Gasteiger partial charge in [0.25, 0.3) is 0 Å². The third-order valence-electron chi connectivity index (χ3n) is 7.64. The zero-order valence-electron chi connectivity index (χ0n) is 20.8. The summed E-state index contributed by atoms with van der Waals surface area (Å²) in [5.41, 5.74) is 1.85. The van der Waals surface area contributed by atoms with E-state index in [1.165, 1.54) is 12.8 Å². The van der Waals surface area contributed by atoms with Crippen LogP contribution in [0.15, 0.2) is 48.5 Å².